The van der Waals surface area contributed by atoms with Crippen molar-refractivity contribution in [2.75, 3.05) is 21.3 Å². The van der Waals surface area contributed by atoms with Gasteiger partial charge in [0.25, 0.3) is 0 Å². The van der Waals surface area contributed by atoms with Crippen LogP contribution in [0, 0.1) is 0 Å². The number of methoxy groups -OCH3 is 3. The summed E-state index contributed by atoms with van der Waals surface area (Å²) >= 11 is 0. The fraction of sp³-hybridized carbons (Fsp3) is 0.364. The lowest BCUT2D eigenvalue weighted by Gasteiger charge is -2.23. The highest BCUT2D eigenvalue weighted by atomic mass is 16.6. The number of rotatable bonds is 6. The van der Waals surface area contributed by atoms with Gasteiger partial charge in [0.15, 0.2) is 6.04 Å². The van der Waals surface area contributed by atoms with E-state index in [0.29, 0.717) is 17.1 Å². The van der Waals surface area contributed by atoms with E-state index in [-0.39, 0.29) is 0 Å². The lowest BCUT2D eigenvalue weighted by atomic mass is 9.99. The molecule has 2 rings (SSSR count). The van der Waals surface area contributed by atoms with Gasteiger partial charge >= 0.3 is 12.1 Å². The summed E-state index contributed by atoms with van der Waals surface area (Å²) in [6, 6.07) is 11.6. The summed E-state index contributed by atoms with van der Waals surface area (Å²) in [7, 11) is 4.44. The molecule has 0 aliphatic rings. The van der Waals surface area contributed by atoms with Gasteiger partial charge in [0.05, 0.1) is 26.9 Å². The zero-order valence-corrected chi connectivity index (χ0v) is 17.6. The van der Waals surface area contributed by atoms with E-state index < -0.39 is 23.7 Å². The molecule has 156 valence electrons. The molecular formula is C22H27NO6. The van der Waals surface area contributed by atoms with Crippen molar-refractivity contribution < 1.29 is 28.5 Å². The van der Waals surface area contributed by atoms with Gasteiger partial charge in [-0.2, -0.15) is 0 Å². The van der Waals surface area contributed by atoms with Gasteiger partial charge in [0.2, 0.25) is 0 Å². The first kappa shape index (κ1) is 22.1. The van der Waals surface area contributed by atoms with Crippen LogP contribution < -0.4 is 14.8 Å². The molecule has 0 heterocycles. The average molecular weight is 401 g/mol. The number of alkyl carbamates (subject to hydrolysis) is 1. The molecule has 7 nitrogen and oxygen atoms in total. The van der Waals surface area contributed by atoms with Crippen molar-refractivity contribution in [1.82, 2.24) is 5.32 Å². The van der Waals surface area contributed by atoms with Gasteiger partial charge in [0.1, 0.15) is 17.1 Å². The van der Waals surface area contributed by atoms with Gasteiger partial charge < -0.3 is 24.3 Å². The summed E-state index contributed by atoms with van der Waals surface area (Å²) < 4.78 is 21.0. The molecule has 0 bridgehead atoms. The molecule has 1 atom stereocenters. The molecule has 7 heteroatoms. The highest BCUT2D eigenvalue weighted by Crippen LogP contribution is 2.38. The van der Waals surface area contributed by atoms with Crippen molar-refractivity contribution in [2.24, 2.45) is 0 Å². The Bertz CT molecular complexity index is 832. The van der Waals surface area contributed by atoms with E-state index in [1.807, 2.05) is 30.3 Å². The van der Waals surface area contributed by atoms with Crippen LogP contribution >= 0.6 is 0 Å². The maximum absolute atomic E-state index is 12.2. The highest BCUT2D eigenvalue weighted by Gasteiger charge is 2.26. The van der Waals surface area contributed by atoms with Crippen LogP contribution in [0.1, 0.15) is 32.4 Å². The smallest absolute Gasteiger partial charge is 0.408 e. The molecule has 0 aliphatic carbocycles. The first-order valence-electron chi connectivity index (χ1n) is 9.09. The molecule has 1 amide bonds. The van der Waals surface area contributed by atoms with Crippen LogP contribution in [0.3, 0.4) is 0 Å². The second-order valence-corrected chi connectivity index (χ2v) is 7.26. The standard InChI is InChI=1S/C22H27NO6/c1-22(2,3)29-21(25)23-19(20(24)28-6)15-12-10-14(11-13-15)18-16(26-4)8-7-9-17(18)27-5/h7-13,19H,1-6H3,(H,23,25). The van der Waals surface area contributed by atoms with Crippen LogP contribution in [-0.4, -0.2) is 39.0 Å². The third-order valence-corrected chi connectivity index (χ3v) is 4.06. The molecule has 2 aromatic carbocycles. The molecule has 2 aromatic rings. The topological polar surface area (TPSA) is 83.1 Å². The van der Waals surface area contributed by atoms with E-state index in [0.717, 1.165) is 11.1 Å². The van der Waals surface area contributed by atoms with Crippen molar-refractivity contribution in [3.63, 3.8) is 0 Å². The number of benzene rings is 2. The molecular weight excluding hydrogens is 374 g/mol. The largest absolute Gasteiger partial charge is 0.496 e. The molecule has 0 saturated heterocycles. The van der Waals surface area contributed by atoms with Gasteiger partial charge in [0, 0.05) is 0 Å². The second-order valence-electron chi connectivity index (χ2n) is 7.26. The Labute approximate surface area is 170 Å². The van der Waals surface area contributed by atoms with Crippen molar-refractivity contribution in [3.8, 4) is 22.6 Å². The minimum Gasteiger partial charge on any atom is -0.496 e. The highest BCUT2D eigenvalue weighted by molar-refractivity contribution is 5.83. The third kappa shape index (κ3) is 5.63. The predicted octanol–water partition coefficient (Wildman–Crippen LogP) is 4.11. The third-order valence-electron chi connectivity index (χ3n) is 4.06. The Morgan fingerprint density at radius 2 is 1.45 bits per heavy atom. The Hall–Kier alpha value is -3.22. The number of hydrogen-bond donors (Lipinski definition) is 1. The zero-order valence-electron chi connectivity index (χ0n) is 17.6. The molecule has 0 saturated carbocycles. The van der Waals surface area contributed by atoms with E-state index in [1.165, 1.54) is 7.11 Å². The quantitative estimate of drug-likeness (QED) is 0.734. The number of carbonyl (C=O) groups excluding carboxylic acids is 2. The molecule has 0 spiro atoms. The van der Waals surface area contributed by atoms with Crippen LogP contribution in [0.15, 0.2) is 42.5 Å². The summed E-state index contributed by atoms with van der Waals surface area (Å²) in [5, 5.41) is 2.56. The predicted molar refractivity (Wildman–Crippen MR) is 109 cm³/mol. The van der Waals surface area contributed by atoms with Crippen molar-refractivity contribution >= 4 is 12.1 Å². The first-order chi connectivity index (χ1) is 13.7. The molecule has 1 unspecified atom stereocenters. The lowest BCUT2D eigenvalue weighted by molar-refractivity contribution is -0.143. The average Bonchev–Trinajstić information content (AvgIpc) is 2.69. The summed E-state index contributed by atoms with van der Waals surface area (Å²) in [6.45, 7) is 5.24. The van der Waals surface area contributed by atoms with E-state index in [4.69, 9.17) is 18.9 Å². The normalized spacial score (nSPS) is 11.9. The second kappa shape index (κ2) is 9.32. The maximum atomic E-state index is 12.2. The maximum Gasteiger partial charge on any atom is 0.408 e. The fourth-order valence-corrected chi connectivity index (χ4v) is 2.80. The van der Waals surface area contributed by atoms with Gasteiger partial charge in [-0.25, -0.2) is 9.59 Å². The number of nitrogens with one attached hydrogen (secondary N) is 1. The summed E-state index contributed by atoms with van der Waals surface area (Å²) in [5.41, 5.74) is 1.50. The number of esters is 1. The molecule has 29 heavy (non-hydrogen) atoms. The van der Waals surface area contributed by atoms with Crippen LogP contribution in [-0.2, 0) is 14.3 Å². The van der Waals surface area contributed by atoms with Crippen LogP contribution in [0.2, 0.25) is 0 Å². The monoisotopic (exact) mass is 401 g/mol. The summed E-state index contributed by atoms with van der Waals surface area (Å²) in [6.07, 6.45) is -0.705. The zero-order chi connectivity index (χ0) is 21.6. The van der Waals surface area contributed by atoms with Gasteiger partial charge in [-0.15, -0.1) is 0 Å². The lowest BCUT2D eigenvalue weighted by Crippen LogP contribution is -2.38. The van der Waals surface area contributed by atoms with E-state index in [9.17, 15) is 9.59 Å². The Morgan fingerprint density at radius 3 is 1.90 bits per heavy atom. The first-order valence-corrected chi connectivity index (χ1v) is 9.09. The van der Waals surface area contributed by atoms with E-state index >= 15 is 0 Å². The Morgan fingerprint density at radius 1 is 0.897 bits per heavy atom. The van der Waals surface area contributed by atoms with Crippen molar-refractivity contribution in [1.29, 1.82) is 0 Å². The molecule has 0 aliphatic heterocycles. The fourth-order valence-electron chi connectivity index (χ4n) is 2.80. The number of carbonyl (C=O) groups is 2. The van der Waals surface area contributed by atoms with Crippen molar-refractivity contribution in [3.05, 3.63) is 48.0 Å². The van der Waals surface area contributed by atoms with Crippen LogP contribution in [0.5, 0.6) is 11.5 Å². The number of ether oxygens (including phenoxy) is 4. The Balaban J connectivity index is 2.35. The van der Waals surface area contributed by atoms with Crippen LogP contribution in [0.25, 0.3) is 11.1 Å². The Kier molecular flexibility index (Phi) is 7.09. The number of hydrogen-bond acceptors (Lipinski definition) is 6. The SMILES string of the molecule is COC(=O)C(NC(=O)OC(C)(C)C)c1ccc(-c2c(OC)cccc2OC)cc1. The number of amides is 1. The molecule has 0 radical (unpaired) electrons. The summed E-state index contributed by atoms with van der Waals surface area (Å²) in [4.78, 5) is 24.4. The molecule has 0 fully saturated rings. The van der Waals surface area contributed by atoms with Gasteiger partial charge in [-0.3, -0.25) is 0 Å². The van der Waals surface area contributed by atoms with E-state index in [2.05, 4.69) is 5.32 Å². The van der Waals surface area contributed by atoms with Crippen LogP contribution in [0.4, 0.5) is 4.79 Å². The van der Waals surface area contributed by atoms with E-state index in [1.54, 1.807) is 47.1 Å². The summed E-state index contributed by atoms with van der Waals surface area (Å²) in [5.74, 6) is 0.723. The van der Waals surface area contributed by atoms with Gasteiger partial charge in [-0.1, -0.05) is 30.3 Å². The minimum atomic E-state index is -0.997. The minimum absolute atomic E-state index is 0.556. The van der Waals surface area contributed by atoms with Crippen molar-refractivity contribution in [2.45, 2.75) is 32.4 Å². The molecule has 1 N–H and O–H groups in total. The van der Waals surface area contributed by atoms with Gasteiger partial charge in [-0.05, 0) is 44.0 Å². The molecule has 0 aromatic heterocycles.